The van der Waals surface area contributed by atoms with Crippen LogP contribution in [0.15, 0.2) is 0 Å². The monoisotopic (exact) mass is 312 g/mol. The molecule has 1 fully saturated rings. The summed E-state index contributed by atoms with van der Waals surface area (Å²) in [7, 11) is 0. The lowest BCUT2D eigenvalue weighted by atomic mass is 9.86. The van der Waals surface area contributed by atoms with Crippen LogP contribution in [0.25, 0.3) is 0 Å². The topological polar surface area (TPSA) is 41.6 Å². The Morgan fingerprint density at radius 3 is 2.55 bits per heavy atom. The van der Waals surface area contributed by atoms with E-state index in [-0.39, 0.29) is 6.09 Å². The van der Waals surface area contributed by atoms with E-state index in [1.54, 1.807) is 0 Å². The minimum Gasteiger partial charge on any atom is -0.444 e. The van der Waals surface area contributed by atoms with Crippen molar-refractivity contribution in [2.45, 2.75) is 78.9 Å². The molecule has 0 aromatic rings. The van der Waals surface area contributed by atoms with Crippen molar-refractivity contribution in [1.29, 1.82) is 0 Å². The summed E-state index contributed by atoms with van der Waals surface area (Å²) in [5, 5.41) is 3.72. The van der Waals surface area contributed by atoms with Crippen LogP contribution in [0.5, 0.6) is 0 Å². The number of carbonyl (C=O) groups is 1. The van der Waals surface area contributed by atoms with Gasteiger partial charge in [-0.05, 0) is 58.4 Å². The Morgan fingerprint density at radius 2 is 2.00 bits per heavy atom. The molecule has 4 heteroatoms. The number of hydrogen-bond donors (Lipinski definition) is 1. The molecule has 0 saturated carbocycles. The smallest absolute Gasteiger partial charge is 0.410 e. The summed E-state index contributed by atoms with van der Waals surface area (Å²) in [6, 6.07) is 0.507. The number of amides is 1. The van der Waals surface area contributed by atoms with Gasteiger partial charge in [0.25, 0.3) is 0 Å². The van der Waals surface area contributed by atoms with Gasteiger partial charge in [-0.1, -0.05) is 27.2 Å². The molecule has 0 radical (unpaired) electrons. The zero-order valence-corrected chi connectivity index (χ0v) is 15.4. The fraction of sp³-hybridized carbons (Fsp3) is 0.944. The maximum absolute atomic E-state index is 12.2. The minimum absolute atomic E-state index is 0.160. The van der Waals surface area contributed by atoms with Crippen LogP contribution >= 0.6 is 0 Å². The summed E-state index contributed by atoms with van der Waals surface area (Å²) in [5.41, 5.74) is -0.412. The second-order valence-electron chi connectivity index (χ2n) is 7.72. The molecule has 3 atom stereocenters. The predicted molar refractivity (Wildman–Crippen MR) is 92.1 cm³/mol. The van der Waals surface area contributed by atoms with Crippen molar-refractivity contribution < 1.29 is 9.53 Å². The van der Waals surface area contributed by atoms with Crippen LogP contribution in [0.3, 0.4) is 0 Å². The molecule has 0 aromatic carbocycles. The molecule has 0 aromatic heterocycles. The maximum Gasteiger partial charge on any atom is 0.410 e. The average molecular weight is 312 g/mol. The van der Waals surface area contributed by atoms with Crippen molar-refractivity contribution >= 4 is 6.09 Å². The Hall–Kier alpha value is -0.770. The highest BCUT2D eigenvalue weighted by atomic mass is 16.6. The molecule has 0 spiro atoms. The van der Waals surface area contributed by atoms with E-state index >= 15 is 0 Å². The van der Waals surface area contributed by atoms with Gasteiger partial charge in [0.05, 0.1) is 0 Å². The molecular weight excluding hydrogens is 276 g/mol. The fourth-order valence-corrected chi connectivity index (χ4v) is 3.35. The molecule has 22 heavy (non-hydrogen) atoms. The van der Waals surface area contributed by atoms with Gasteiger partial charge < -0.3 is 15.0 Å². The summed E-state index contributed by atoms with van der Waals surface area (Å²) >= 11 is 0. The molecule has 0 bridgehead atoms. The molecule has 1 rings (SSSR count). The number of ether oxygens (including phenoxy) is 1. The van der Waals surface area contributed by atoms with Crippen LogP contribution in [-0.2, 0) is 4.74 Å². The summed E-state index contributed by atoms with van der Waals surface area (Å²) < 4.78 is 5.51. The number of nitrogens with zero attached hydrogens (tertiary/aromatic N) is 1. The van der Waals surface area contributed by atoms with Gasteiger partial charge in [0.2, 0.25) is 0 Å². The number of carbonyl (C=O) groups excluding carboxylic acids is 1. The van der Waals surface area contributed by atoms with Crippen molar-refractivity contribution in [2.75, 3.05) is 19.6 Å². The highest BCUT2D eigenvalue weighted by Crippen LogP contribution is 2.27. The van der Waals surface area contributed by atoms with E-state index in [1.807, 2.05) is 25.7 Å². The van der Waals surface area contributed by atoms with Crippen LogP contribution in [-0.4, -0.2) is 42.3 Å². The van der Waals surface area contributed by atoms with Crippen LogP contribution in [0, 0.1) is 11.8 Å². The molecule has 0 aliphatic carbocycles. The summed E-state index contributed by atoms with van der Waals surface area (Å²) in [4.78, 5) is 14.1. The quantitative estimate of drug-likeness (QED) is 0.771. The average Bonchev–Trinajstić information content (AvgIpc) is 2.87. The van der Waals surface area contributed by atoms with Gasteiger partial charge in [-0.15, -0.1) is 0 Å². The van der Waals surface area contributed by atoms with Crippen LogP contribution < -0.4 is 5.32 Å². The zero-order chi connectivity index (χ0) is 16.8. The minimum atomic E-state index is -0.412. The number of nitrogens with one attached hydrogen (secondary N) is 1. The van der Waals surface area contributed by atoms with Gasteiger partial charge in [-0.25, -0.2) is 4.79 Å². The Kier molecular flexibility index (Phi) is 7.67. The predicted octanol–water partition coefficient (Wildman–Crippen LogP) is 4.05. The molecule has 1 N–H and O–H groups in total. The van der Waals surface area contributed by atoms with Gasteiger partial charge >= 0.3 is 6.09 Å². The molecular formula is C18H36N2O2. The zero-order valence-electron chi connectivity index (χ0n) is 15.4. The highest BCUT2D eigenvalue weighted by Gasteiger charge is 2.35. The fourth-order valence-electron chi connectivity index (χ4n) is 3.35. The lowest BCUT2D eigenvalue weighted by Crippen LogP contribution is -2.43. The third kappa shape index (κ3) is 6.15. The SMILES string of the molecule is CCCNC(C(C)CCC)C1CCN(C(=O)OC(C)(C)C)C1. The highest BCUT2D eigenvalue weighted by molar-refractivity contribution is 5.68. The van der Waals surface area contributed by atoms with Gasteiger partial charge in [0.1, 0.15) is 5.60 Å². The largest absolute Gasteiger partial charge is 0.444 e. The molecule has 1 amide bonds. The third-order valence-corrected chi connectivity index (χ3v) is 4.37. The number of rotatable bonds is 7. The molecule has 1 aliphatic heterocycles. The van der Waals surface area contributed by atoms with Gasteiger partial charge in [-0.3, -0.25) is 0 Å². The van der Waals surface area contributed by atoms with E-state index in [9.17, 15) is 4.79 Å². The Balaban J connectivity index is 2.61. The van der Waals surface area contributed by atoms with E-state index in [0.717, 1.165) is 32.5 Å². The second kappa shape index (κ2) is 8.76. The maximum atomic E-state index is 12.2. The first kappa shape index (κ1) is 19.3. The Labute approximate surface area is 137 Å². The van der Waals surface area contributed by atoms with Gasteiger partial charge in [0, 0.05) is 19.1 Å². The first-order valence-electron chi connectivity index (χ1n) is 8.99. The van der Waals surface area contributed by atoms with E-state index in [0.29, 0.717) is 17.9 Å². The van der Waals surface area contributed by atoms with Crippen LogP contribution in [0.2, 0.25) is 0 Å². The molecule has 3 unspecified atom stereocenters. The van der Waals surface area contributed by atoms with Crippen molar-refractivity contribution in [3.8, 4) is 0 Å². The normalized spacial score (nSPS) is 21.7. The van der Waals surface area contributed by atoms with Crippen molar-refractivity contribution in [1.82, 2.24) is 10.2 Å². The molecule has 1 aliphatic rings. The van der Waals surface area contributed by atoms with Gasteiger partial charge in [0.15, 0.2) is 0 Å². The third-order valence-electron chi connectivity index (χ3n) is 4.37. The number of hydrogen-bond acceptors (Lipinski definition) is 3. The second-order valence-corrected chi connectivity index (χ2v) is 7.72. The van der Waals surface area contributed by atoms with Crippen molar-refractivity contribution in [3.63, 3.8) is 0 Å². The summed E-state index contributed by atoms with van der Waals surface area (Å²) in [6.07, 6.45) is 4.53. The van der Waals surface area contributed by atoms with E-state index in [1.165, 1.54) is 12.8 Å². The molecule has 4 nitrogen and oxygen atoms in total. The lowest BCUT2D eigenvalue weighted by molar-refractivity contribution is 0.0283. The molecule has 130 valence electrons. The first-order chi connectivity index (χ1) is 10.3. The van der Waals surface area contributed by atoms with Crippen LogP contribution in [0.1, 0.15) is 67.2 Å². The Morgan fingerprint density at radius 1 is 1.32 bits per heavy atom. The Bertz CT molecular complexity index is 338. The van der Waals surface area contributed by atoms with E-state index in [4.69, 9.17) is 4.74 Å². The van der Waals surface area contributed by atoms with Crippen molar-refractivity contribution in [3.05, 3.63) is 0 Å². The summed E-state index contributed by atoms with van der Waals surface area (Å²) in [5.74, 6) is 1.20. The van der Waals surface area contributed by atoms with E-state index < -0.39 is 5.60 Å². The van der Waals surface area contributed by atoms with Crippen molar-refractivity contribution in [2.24, 2.45) is 11.8 Å². The molecule has 1 saturated heterocycles. The van der Waals surface area contributed by atoms with E-state index in [2.05, 4.69) is 26.1 Å². The van der Waals surface area contributed by atoms with Gasteiger partial charge in [-0.2, -0.15) is 0 Å². The van der Waals surface area contributed by atoms with Crippen LogP contribution in [0.4, 0.5) is 4.79 Å². The summed E-state index contributed by atoms with van der Waals surface area (Å²) in [6.45, 7) is 15.3. The number of likely N-dealkylation sites (tertiary alicyclic amines) is 1. The standard InChI is InChI=1S/C18H36N2O2/c1-7-9-14(3)16(19-11-8-2)15-10-12-20(13-15)17(21)22-18(4,5)6/h14-16,19H,7-13H2,1-6H3. The first-order valence-corrected chi connectivity index (χ1v) is 8.99. The molecule has 1 heterocycles. The lowest BCUT2D eigenvalue weighted by Gasteiger charge is -2.31.